The molecule has 16 heavy (non-hydrogen) atoms. The van der Waals surface area contributed by atoms with Gasteiger partial charge in [0.1, 0.15) is 0 Å². The number of rotatable bonds is 3. The minimum Gasteiger partial charge on any atom is -0.325 e. The molecule has 1 amide bonds. The number of hydrogen-bond donors (Lipinski definition) is 1. The molecule has 0 spiro atoms. The van der Waals surface area contributed by atoms with E-state index in [9.17, 15) is 9.59 Å². The Morgan fingerprint density at radius 1 is 1.31 bits per heavy atom. The lowest BCUT2D eigenvalue weighted by atomic mass is 10.1. The first-order chi connectivity index (χ1) is 7.43. The Morgan fingerprint density at radius 3 is 2.44 bits per heavy atom. The van der Waals surface area contributed by atoms with Gasteiger partial charge in [-0.3, -0.25) is 9.59 Å². The summed E-state index contributed by atoms with van der Waals surface area (Å²) in [7, 11) is 0. The fourth-order valence-electron chi connectivity index (χ4n) is 1.18. The van der Waals surface area contributed by atoms with E-state index in [2.05, 4.69) is 5.32 Å². The highest BCUT2D eigenvalue weighted by Gasteiger charge is 2.13. The maximum atomic E-state index is 11.5. The largest absolute Gasteiger partial charge is 0.325 e. The van der Waals surface area contributed by atoms with Crippen LogP contribution >= 0.6 is 11.6 Å². The van der Waals surface area contributed by atoms with Gasteiger partial charge in [-0.05, 0) is 19.1 Å². The van der Waals surface area contributed by atoms with E-state index in [1.807, 2.05) is 0 Å². The summed E-state index contributed by atoms with van der Waals surface area (Å²) in [5.74, 6) is -0.370. The summed E-state index contributed by atoms with van der Waals surface area (Å²) in [5.41, 5.74) is 0.899. The third-order valence-corrected chi connectivity index (χ3v) is 2.57. The monoisotopic (exact) mass is 239 g/mol. The van der Waals surface area contributed by atoms with E-state index in [-0.39, 0.29) is 17.6 Å². The van der Waals surface area contributed by atoms with Crippen LogP contribution in [0.15, 0.2) is 18.2 Å². The summed E-state index contributed by atoms with van der Waals surface area (Å²) in [6.07, 6.45) is 0. The number of hydrogen-bond acceptors (Lipinski definition) is 2. The molecule has 0 aliphatic rings. The summed E-state index contributed by atoms with van der Waals surface area (Å²) < 4.78 is 0. The van der Waals surface area contributed by atoms with Crippen LogP contribution < -0.4 is 5.32 Å². The van der Waals surface area contributed by atoms with Crippen molar-refractivity contribution in [3.05, 3.63) is 28.8 Å². The van der Waals surface area contributed by atoms with Gasteiger partial charge in [0.15, 0.2) is 5.78 Å². The van der Waals surface area contributed by atoms with Gasteiger partial charge in [0.05, 0.1) is 10.7 Å². The Bertz CT molecular complexity index is 427. The minimum atomic E-state index is -0.128. The molecule has 4 heteroatoms. The van der Waals surface area contributed by atoms with Crippen molar-refractivity contribution >= 4 is 29.0 Å². The first-order valence-corrected chi connectivity index (χ1v) is 5.41. The Balaban J connectivity index is 3.02. The predicted octanol–water partition coefficient (Wildman–Crippen LogP) is 3.14. The molecular formula is C12H14ClNO2. The number of amides is 1. The molecule has 0 saturated carbocycles. The van der Waals surface area contributed by atoms with Gasteiger partial charge in [0.2, 0.25) is 5.91 Å². The van der Waals surface area contributed by atoms with Crippen molar-refractivity contribution < 1.29 is 9.59 Å². The van der Waals surface area contributed by atoms with Gasteiger partial charge in [-0.15, -0.1) is 0 Å². The van der Waals surface area contributed by atoms with Gasteiger partial charge in [-0.25, -0.2) is 0 Å². The number of carbonyl (C=O) groups excluding carboxylic acids is 2. The number of nitrogens with one attached hydrogen (secondary N) is 1. The van der Waals surface area contributed by atoms with Crippen molar-refractivity contribution in [2.75, 3.05) is 5.32 Å². The molecule has 86 valence electrons. The number of carbonyl (C=O) groups is 2. The van der Waals surface area contributed by atoms with Gasteiger partial charge >= 0.3 is 0 Å². The molecule has 0 fully saturated rings. The van der Waals surface area contributed by atoms with E-state index in [4.69, 9.17) is 11.6 Å². The van der Waals surface area contributed by atoms with E-state index in [0.717, 1.165) is 0 Å². The fourth-order valence-corrected chi connectivity index (χ4v) is 1.48. The van der Waals surface area contributed by atoms with Gasteiger partial charge in [0, 0.05) is 11.5 Å². The zero-order chi connectivity index (χ0) is 12.3. The molecule has 1 aromatic carbocycles. The molecule has 1 aromatic rings. The van der Waals surface area contributed by atoms with E-state index >= 15 is 0 Å². The smallest absolute Gasteiger partial charge is 0.226 e. The standard InChI is InChI=1S/C12H14ClNO2/c1-7(2)12(16)14-10-6-4-5-9(8(3)15)11(10)13/h4-7H,1-3H3,(H,14,16). The Kier molecular flexibility index (Phi) is 4.07. The number of ketones is 1. The lowest BCUT2D eigenvalue weighted by molar-refractivity contribution is -0.118. The van der Waals surface area contributed by atoms with Crippen LogP contribution in [0.5, 0.6) is 0 Å². The van der Waals surface area contributed by atoms with E-state index in [0.29, 0.717) is 16.3 Å². The average Bonchev–Trinajstić information content (AvgIpc) is 2.20. The van der Waals surface area contributed by atoms with Crippen LogP contribution in [0, 0.1) is 5.92 Å². The van der Waals surface area contributed by atoms with Crippen LogP contribution in [0.4, 0.5) is 5.69 Å². The highest BCUT2D eigenvalue weighted by molar-refractivity contribution is 6.36. The molecular weight excluding hydrogens is 226 g/mol. The molecule has 0 saturated heterocycles. The second-order valence-electron chi connectivity index (χ2n) is 3.87. The van der Waals surface area contributed by atoms with Crippen molar-refractivity contribution in [2.45, 2.75) is 20.8 Å². The predicted molar refractivity (Wildman–Crippen MR) is 64.9 cm³/mol. The lowest BCUT2D eigenvalue weighted by Gasteiger charge is -2.10. The molecule has 0 aliphatic heterocycles. The molecule has 3 nitrogen and oxygen atoms in total. The van der Waals surface area contributed by atoms with Crippen LogP contribution in [0.25, 0.3) is 0 Å². The summed E-state index contributed by atoms with van der Waals surface area (Å²) in [6.45, 7) is 5.02. The van der Waals surface area contributed by atoms with Crippen molar-refractivity contribution in [2.24, 2.45) is 5.92 Å². The molecule has 1 rings (SSSR count). The van der Waals surface area contributed by atoms with Gasteiger partial charge in [-0.1, -0.05) is 31.5 Å². The van der Waals surface area contributed by atoms with Crippen molar-refractivity contribution in [1.29, 1.82) is 0 Å². The zero-order valence-corrected chi connectivity index (χ0v) is 10.3. The number of benzene rings is 1. The Hall–Kier alpha value is -1.35. The molecule has 0 aliphatic carbocycles. The number of Topliss-reactive ketones (excluding diaryl/α,β-unsaturated/α-hetero) is 1. The maximum Gasteiger partial charge on any atom is 0.226 e. The Morgan fingerprint density at radius 2 is 1.94 bits per heavy atom. The fraction of sp³-hybridized carbons (Fsp3) is 0.333. The second kappa shape index (κ2) is 5.12. The summed E-state index contributed by atoms with van der Waals surface area (Å²) >= 11 is 6.02. The van der Waals surface area contributed by atoms with Gasteiger partial charge in [0.25, 0.3) is 0 Å². The lowest BCUT2D eigenvalue weighted by Crippen LogP contribution is -2.18. The van der Waals surface area contributed by atoms with Crippen molar-refractivity contribution in [1.82, 2.24) is 0 Å². The molecule has 0 unspecified atom stereocenters. The Labute approximate surface area is 99.8 Å². The molecule has 1 N–H and O–H groups in total. The normalized spacial score (nSPS) is 10.3. The first-order valence-electron chi connectivity index (χ1n) is 5.03. The zero-order valence-electron chi connectivity index (χ0n) is 9.50. The molecule has 0 radical (unpaired) electrons. The topological polar surface area (TPSA) is 46.2 Å². The SMILES string of the molecule is CC(=O)c1cccc(NC(=O)C(C)C)c1Cl. The van der Waals surface area contributed by atoms with Crippen molar-refractivity contribution in [3.8, 4) is 0 Å². The summed E-state index contributed by atoms with van der Waals surface area (Å²) in [5, 5.41) is 2.98. The van der Waals surface area contributed by atoms with E-state index in [1.54, 1.807) is 32.0 Å². The van der Waals surface area contributed by atoms with Gasteiger partial charge in [-0.2, -0.15) is 0 Å². The molecule has 0 atom stereocenters. The summed E-state index contributed by atoms with van der Waals surface area (Å²) in [4.78, 5) is 22.7. The van der Waals surface area contributed by atoms with Crippen LogP contribution in [-0.2, 0) is 4.79 Å². The van der Waals surface area contributed by atoms with Crippen LogP contribution in [0.3, 0.4) is 0 Å². The molecule has 0 aromatic heterocycles. The number of anilines is 1. The number of halogens is 1. The third kappa shape index (κ3) is 2.83. The molecule has 0 heterocycles. The van der Waals surface area contributed by atoms with E-state index in [1.165, 1.54) is 6.92 Å². The quantitative estimate of drug-likeness (QED) is 0.824. The third-order valence-electron chi connectivity index (χ3n) is 2.16. The average molecular weight is 240 g/mol. The van der Waals surface area contributed by atoms with Crippen LogP contribution in [0.2, 0.25) is 5.02 Å². The van der Waals surface area contributed by atoms with Crippen LogP contribution in [-0.4, -0.2) is 11.7 Å². The maximum absolute atomic E-state index is 11.5. The van der Waals surface area contributed by atoms with E-state index < -0.39 is 0 Å². The van der Waals surface area contributed by atoms with Gasteiger partial charge < -0.3 is 5.32 Å². The minimum absolute atomic E-state index is 0.120. The first kappa shape index (κ1) is 12.7. The highest BCUT2D eigenvalue weighted by atomic mass is 35.5. The summed E-state index contributed by atoms with van der Waals surface area (Å²) in [6, 6.07) is 5.00. The highest BCUT2D eigenvalue weighted by Crippen LogP contribution is 2.26. The van der Waals surface area contributed by atoms with Crippen LogP contribution in [0.1, 0.15) is 31.1 Å². The second-order valence-corrected chi connectivity index (χ2v) is 4.25. The van der Waals surface area contributed by atoms with Crippen molar-refractivity contribution in [3.63, 3.8) is 0 Å². The molecule has 0 bridgehead atoms.